The van der Waals surface area contributed by atoms with Crippen molar-refractivity contribution in [3.8, 4) is 0 Å². The molecule has 3 heteroatoms. The molecule has 86 valence electrons. The van der Waals surface area contributed by atoms with Crippen LogP contribution in [0.15, 0.2) is 29.8 Å². The van der Waals surface area contributed by atoms with E-state index in [0.717, 1.165) is 18.4 Å². The summed E-state index contributed by atoms with van der Waals surface area (Å²) in [5.41, 5.74) is 1.71. The third-order valence-electron chi connectivity index (χ3n) is 2.45. The number of hydrogen-bond donors (Lipinski definition) is 0. The molecule has 0 aromatic heterocycles. The summed E-state index contributed by atoms with van der Waals surface area (Å²) in [5.74, 6) is -0.0164. The minimum Gasteiger partial charge on any atom is -0.289 e. The molecule has 0 fully saturated rings. The van der Waals surface area contributed by atoms with Crippen LogP contribution in [0.5, 0.6) is 0 Å². The monoisotopic (exact) mass is 256 g/mol. The molecule has 0 bridgehead atoms. The molecule has 0 spiro atoms. The number of carbonyl (C=O) groups is 1. The zero-order valence-electron chi connectivity index (χ0n) is 9.39. The predicted octanol–water partition coefficient (Wildman–Crippen LogP) is 4.92. The number of halogens is 2. The second-order valence-corrected chi connectivity index (χ2v) is 4.32. The third kappa shape index (κ3) is 3.36. The zero-order chi connectivity index (χ0) is 12.1. The SMILES string of the molecule is CCC(=CC(=O)c1ccc(Cl)c(Cl)c1)CC. The summed E-state index contributed by atoms with van der Waals surface area (Å²) in [6.45, 7) is 4.08. The molecule has 16 heavy (non-hydrogen) atoms. The average Bonchev–Trinajstić information content (AvgIpc) is 2.29. The highest BCUT2D eigenvalue weighted by molar-refractivity contribution is 6.42. The summed E-state index contributed by atoms with van der Waals surface area (Å²) in [4.78, 5) is 11.9. The van der Waals surface area contributed by atoms with E-state index in [-0.39, 0.29) is 5.78 Å². The van der Waals surface area contributed by atoms with Crippen molar-refractivity contribution < 1.29 is 4.79 Å². The zero-order valence-corrected chi connectivity index (χ0v) is 10.9. The van der Waals surface area contributed by atoms with Crippen LogP contribution in [0.4, 0.5) is 0 Å². The van der Waals surface area contributed by atoms with Gasteiger partial charge in [-0.05, 0) is 37.1 Å². The van der Waals surface area contributed by atoms with E-state index in [0.29, 0.717) is 15.6 Å². The van der Waals surface area contributed by atoms with Gasteiger partial charge in [-0.2, -0.15) is 0 Å². The molecule has 0 amide bonds. The number of allylic oxidation sites excluding steroid dienone is 2. The Labute approximate surface area is 106 Å². The molecule has 0 atom stereocenters. The Balaban J connectivity index is 2.97. The van der Waals surface area contributed by atoms with Gasteiger partial charge in [0.1, 0.15) is 0 Å². The molecule has 0 saturated heterocycles. The maximum atomic E-state index is 11.9. The normalized spacial score (nSPS) is 10.0. The second-order valence-electron chi connectivity index (χ2n) is 3.50. The van der Waals surface area contributed by atoms with Crippen molar-refractivity contribution in [3.63, 3.8) is 0 Å². The Morgan fingerprint density at radius 3 is 2.31 bits per heavy atom. The summed E-state index contributed by atoms with van der Waals surface area (Å²) in [5, 5.41) is 0.879. The van der Waals surface area contributed by atoms with Crippen molar-refractivity contribution in [1.29, 1.82) is 0 Å². The molecule has 0 aliphatic heterocycles. The predicted molar refractivity (Wildman–Crippen MR) is 69.5 cm³/mol. The molecule has 0 aliphatic carbocycles. The van der Waals surface area contributed by atoms with Gasteiger partial charge < -0.3 is 0 Å². The van der Waals surface area contributed by atoms with Gasteiger partial charge in [-0.25, -0.2) is 0 Å². The molecular formula is C13H14Cl2O. The lowest BCUT2D eigenvalue weighted by Crippen LogP contribution is -1.96. The van der Waals surface area contributed by atoms with Gasteiger partial charge in [0.2, 0.25) is 0 Å². The van der Waals surface area contributed by atoms with Gasteiger partial charge >= 0.3 is 0 Å². The molecule has 0 unspecified atom stereocenters. The summed E-state index contributed by atoms with van der Waals surface area (Å²) < 4.78 is 0. The van der Waals surface area contributed by atoms with Crippen LogP contribution in [0.3, 0.4) is 0 Å². The van der Waals surface area contributed by atoms with E-state index in [2.05, 4.69) is 0 Å². The van der Waals surface area contributed by atoms with Crippen LogP contribution in [0.1, 0.15) is 37.0 Å². The maximum Gasteiger partial charge on any atom is 0.185 e. The Kier molecular flexibility index (Phi) is 5.04. The van der Waals surface area contributed by atoms with Crippen LogP contribution in [-0.4, -0.2) is 5.78 Å². The first-order valence-corrected chi connectivity index (χ1v) is 6.02. The molecule has 0 saturated carbocycles. The minimum absolute atomic E-state index is 0.0164. The Morgan fingerprint density at radius 1 is 1.19 bits per heavy atom. The van der Waals surface area contributed by atoms with Crippen LogP contribution in [0, 0.1) is 0 Å². The van der Waals surface area contributed by atoms with Crippen LogP contribution in [0.2, 0.25) is 10.0 Å². The Hall–Kier alpha value is -0.790. The van der Waals surface area contributed by atoms with Crippen molar-refractivity contribution >= 4 is 29.0 Å². The van der Waals surface area contributed by atoms with Crippen LogP contribution in [-0.2, 0) is 0 Å². The van der Waals surface area contributed by atoms with Gasteiger partial charge in [-0.3, -0.25) is 4.79 Å². The number of benzene rings is 1. The van der Waals surface area contributed by atoms with Crippen molar-refractivity contribution in [1.82, 2.24) is 0 Å². The molecule has 0 N–H and O–H groups in total. The number of rotatable bonds is 4. The minimum atomic E-state index is -0.0164. The van der Waals surface area contributed by atoms with Gasteiger partial charge in [0.05, 0.1) is 10.0 Å². The van der Waals surface area contributed by atoms with Crippen molar-refractivity contribution in [2.45, 2.75) is 26.7 Å². The maximum absolute atomic E-state index is 11.9. The van der Waals surface area contributed by atoms with E-state index in [1.165, 1.54) is 0 Å². The van der Waals surface area contributed by atoms with E-state index in [1.54, 1.807) is 24.3 Å². The Morgan fingerprint density at radius 2 is 1.81 bits per heavy atom. The molecule has 0 heterocycles. The molecule has 1 nitrogen and oxygen atoms in total. The van der Waals surface area contributed by atoms with Gasteiger partial charge in [0.25, 0.3) is 0 Å². The second kappa shape index (κ2) is 6.07. The third-order valence-corrected chi connectivity index (χ3v) is 3.19. The van der Waals surface area contributed by atoms with E-state index < -0.39 is 0 Å². The summed E-state index contributed by atoms with van der Waals surface area (Å²) >= 11 is 11.6. The lowest BCUT2D eigenvalue weighted by Gasteiger charge is -2.02. The lowest BCUT2D eigenvalue weighted by molar-refractivity contribution is 0.104. The first-order chi connectivity index (χ1) is 7.58. The average molecular weight is 257 g/mol. The van der Waals surface area contributed by atoms with E-state index in [1.807, 2.05) is 13.8 Å². The topological polar surface area (TPSA) is 17.1 Å². The summed E-state index contributed by atoms with van der Waals surface area (Å²) in [6.07, 6.45) is 3.46. The fourth-order valence-corrected chi connectivity index (χ4v) is 1.67. The molecule has 0 radical (unpaired) electrons. The van der Waals surface area contributed by atoms with E-state index >= 15 is 0 Å². The quantitative estimate of drug-likeness (QED) is 0.552. The largest absolute Gasteiger partial charge is 0.289 e. The first-order valence-electron chi connectivity index (χ1n) is 5.27. The molecule has 0 aliphatic rings. The van der Waals surface area contributed by atoms with Gasteiger partial charge in [-0.1, -0.05) is 42.6 Å². The van der Waals surface area contributed by atoms with Crippen molar-refractivity contribution in [2.24, 2.45) is 0 Å². The smallest absolute Gasteiger partial charge is 0.185 e. The highest BCUT2D eigenvalue weighted by Crippen LogP contribution is 2.23. The molecule has 1 aromatic carbocycles. The number of carbonyl (C=O) groups excluding carboxylic acids is 1. The standard InChI is InChI=1S/C13H14Cl2O/c1-3-9(4-2)7-13(16)10-5-6-11(14)12(15)8-10/h5-8H,3-4H2,1-2H3. The van der Waals surface area contributed by atoms with Gasteiger partial charge in [0, 0.05) is 5.56 Å². The molecular weight excluding hydrogens is 243 g/mol. The fourth-order valence-electron chi connectivity index (χ4n) is 1.37. The lowest BCUT2D eigenvalue weighted by atomic mass is 10.1. The van der Waals surface area contributed by atoms with Crippen LogP contribution in [0.25, 0.3) is 0 Å². The summed E-state index contributed by atoms with van der Waals surface area (Å²) in [6, 6.07) is 4.93. The Bertz CT molecular complexity index is 416. The first kappa shape index (κ1) is 13.3. The van der Waals surface area contributed by atoms with E-state index in [4.69, 9.17) is 23.2 Å². The number of hydrogen-bond acceptors (Lipinski definition) is 1. The van der Waals surface area contributed by atoms with Gasteiger partial charge in [0.15, 0.2) is 5.78 Å². The summed E-state index contributed by atoms with van der Waals surface area (Å²) in [7, 11) is 0. The highest BCUT2D eigenvalue weighted by Gasteiger charge is 2.06. The number of ketones is 1. The molecule has 1 aromatic rings. The van der Waals surface area contributed by atoms with Crippen molar-refractivity contribution in [3.05, 3.63) is 45.5 Å². The van der Waals surface area contributed by atoms with E-state index in [9.17, 15) is 4.79 Å². The molecule has 1 rings (SSSR count). The fraction of sp³-hybridized carbons (Fsp3) is 0.308. The highest BCUT2D eigenvalue weighted by atomic mass is 35.5. The van der Waals surface area contributed by atoms with Crippen LogP contribution < -0.4 is 0 Å². The van der Waals surface area contributed by atoms with Crippen LogP contribution >= 0.6 is 23.2 Å². The van der Waals surface area contributed by atoms with Crippen molar-refractivity contribution in [2.75, 3.05) is 0 Å². The van der Waals surface area contributed by atoms with Gasteiger partial charge in [-0.15, -0.1) is 0 Å².